The monoisotopic (exact) mass is 379 g/mol. The van der Waals surface area contributed by atoms with E-state index in [1.165, 1.54) is 0 Å². The van der Waals surface area contributed by atoms with Gasteiger partial charge < -0.3 is 10.6 Å². The van der Waals surface area contributed by atoms with Gasteiger partial charge in [0.05, 0.1) is 10.6 Å². The number of imide groups is 1. The van der Waals surface area contributed by atoms with Crippen LogP contribution in [0.5, 0.6) is 0 Å². The van der Waals surface area contributed by atoms with Crippen LogP contribution in [0.3, 0.4) is 0 Å². The third-order valence-electron chi connectivity index (χ3n) is 4.85. The van der Waals surface area contributed by atoms with E-state index in [4.69, 9.17) is 5.73 Å². The first kappa shape index (κ1) is 17.8. The lowest BCUT2D eigenvalue weighted by Gasteiger charge is -2.35. The van der Waals surface area contributed by atoms with Crippen molar-refractivity contribution in [2.24, 2.45) is 5.73 Å². The Hall–Kier alpha value is -2.57. The number of anilines is 1. The summed E-state index contributed by atoms with van der Waals surface area (Å²) in [5.41, 5.74) is 10.5. The van der Waals surface area contributed by atoms with E-state index in [1.807, 2.05) is 36.4 Å². The Balaban J connectivity index is 1.84. The fraction of sp³-hybridized carbons (Fsp3) is 0.238. The standard InChI is InChI=1S/C21H21N3O2S/c22-16-9-5-11-24(13-16)19-15(12-18-20(25)23-21(26)27-18)8-4-10-17(19)14-6-2-1-3-7-14/h1-4,6-8,10,12,16H,5,9,11,13,22H2,(H,23,25,26)/b18-12-. The number of benzene rings is 2. The predicted octanol–water partition coefficient (Wildman–Crippen LogP) is 3.61. The number of nitrogens with one attached hydrogen (secondary N) is 1. The predicted molar refractivity (Wildman–Crippen MR) is 110 cm³/mol. The van der Waals surface area contributed by atoms with Crippen molar-refractivity contribution < 1.29 is 9.59 Å². The summed E-state index contributed by atoms with van der Waals surface area (Å²) >= 11 is 0.944. The summed E-state index contributed by atoms with van der Waals surface area (Å²) in [5, 5.41) is 2.00. The molecule has 2 aromatic rings. The van der Waals surface area contributed by atoms with Crippen LogP contribution in [0.2, 0.25) is 0 Å². The van der Waals surface area contributed by atoms with E-state index in [0.717, 1.165) is 60.1 Å². The van der Waals surface area contributed by atoms with Crippen molar-refractivity contribution >= 4 is 34.7 Å². The molecule has 0 radical (unpaired) electrons. The first-order chi connectivity index (χ1) is 13.1. The third kappa shape index (κ3) is 3.77. The smallest absolute Gasteiger partial charge is 0.290 e. The number of nitrogens with two attached hydrogens (primary N) is 1. The molecule has 2 aliphatic rings. The highest BCUT2D eigenvalue weighted by molar-refractivity contribution is 8.18. The van der Waals surface area contributed by atoms with Crippen molar-refractivity contribution in [2.75, 3.05) is 18.0 Å². The van der Waals surface area contributed by atoms with Gasteiger partial charge in [-0.25, -0.2) is 0 Å². The Kier molecular flexibility index (Phi) is 5.01. The highest BCUT2D eigenvalue weighted by Crippen LogP contribution is 2.38. The van der Waals surface area contributed by atoms with E-state index >= 15 is 0 Å². The number of hydrogen-bond acceptors (Lipinski definition) is 5. The summed E-state index contributed by atoms with van der Waals surface area (Å²) < 4.78 is 0. The number of piperidine rings is 1. The summed E-state index contributed by atoms with van der Waals surface area (Å²) in [6, 6.07) is 16.4. The van der Waals surface area contributed by atoms with Crippen molar-refractivity contribution in [1.82, 2.24) is 5.32 Å². The number of nitrogens with zero attached hydrogens (tertiary/aromatic N) is 1. The average Bonchev–Trinajstić information content (AvgIpc) is 2.99. The minimum absolute atomic E-state index is 0.133. The molecule has 4 rings (SSSR count). The molecule has 2 heterocycles. The fourth-order valence-corrected chi connectivity index (χ4v) is 4.33. The molecule has 0 bridgehead atoms. The molecule has 1 unspecified atom stereocenters. The zero-order valence-electron chi connectivity index (χ0n) is 14.9. The van der Waals surface area contributed by atoms with Gasteiger partial charge in [-0.3, -0.25) is 14.9 Å². The molecule has 3 N–H and O–H groups in total. The van der Waals surface area contributed by atoms with Crippen molar-refractivity contribution in [1.29, 1.82) is 0 Å². The van der Waals surface area contributed by atoms with Crippen molar-refractivity contribution in [3.05, 3.63) is 59.0 Å². The van der Waals surface area contributed by atoms with Gasteiger partial charge in [0.25, 0.3) is 11.1 Å². The highest BCUT2D eigenvalue weighted by Gasteiger charge is 2.27. The zero-order chi connectivity index (χ0) is 18.8. The molecule has 2 fully saturated rings. The van der Waals surface area contributed by atoms with Gasteiger partial charge >= 0.3 is 0 Å². The quantitative estimate of drug-likeness (QED) is 0.797. The molecular weight excluding hydrogens is 358 g/mol. The number of para-hydroxylation sites is 1. The number of rotatable bonds is 3. The second-order valence-corrected chi connectivity index (χ2v) is 7.82. The Morgan fingerprint density at radius 3 is 2.63 bits per heavy atom. The number of hydrogen-bond donors (Lipinski definition) is 2. The van der Waals surface area contributed by atoms with Crippen LogP contribution in [0.15, 0.2) is 53.4 Å². The summed E-state index contributed by atoms with van der Waals surface area (Å²) in [4.78, 5) is 26.3. The van der Waals surface area contributed by atoms with Gasteiger partial charge in [-0.2, -0.15) is 0 Å². The summed E-state index contributed by atoms with van der Waals surface area (Å²) in [7, 11) is 0. The molecule has 1 atom stereocenters. The largest absolute Gasteiger partial charge is 0.369 e. The molecule has 27 heavy (non-hydrogen) atoms. The van der Waals surface area contributed by atoms with Crippen LogP contribution in [0.1, 0.15) is 18.4 Å². The van der Waals surface area contributed by atoms with Crippen LogP contribution >= 0.6 is 11.8 Å². The highest BCUT2D eigenvalue weighted by atomic mass is 32.2. The number of thioether (sulfide) groups is 1. The van der Waals surface area contributed by atoms with E-state index in [1.54, 1.807) is 0 Å². The molecule has 138 valence electrons. The van der Waals surface area contributed by atoms with E-state index in [2.05, 4.69) is 28.4 Å². The second kappa shape index (κ2) is 7.58. The SMILES string of the molecule is NC1CCCN(c2c(/C=C3\SC(=O)NC3=O)cccc2-c2ccccc2)C1. The van der Waals surface area contributed by atoms with Gasteiger partial charge in [0.2, 0.25) is 0 Å². The van der Waals surface area contributed by atoms with E-state index in [9.17, 15) is 9.59 Å². The maximum Gasteiger partial charge on any atom is 0.290 e. The Morgan fingerprint density at radius 1 is 1.11 bits per heavy atom. The van der Waals surface area contributed by atoms with Gasteiger partial charge in [-0.05, 0) is 41.8 Å². The zero-order valence-corrected chi connectivity index (χ0v) is 15.7. The van der Waals surface area contributed by atoms with E-state index in [0.29, 0.717) is 4.91 Å². The minimum Gasteiger partial charge on any atom is -0.369 e. The van der Waals surface area contributed by atoms with Crippen LogP contribution in [0.25, 0.3) is 17.2 Å². The van der Waals surface area contributed by atoms with Crippen molar-refractivity contribution in [3.63, 3.8) is 0 Å². The van der Waals surface area contributed by atoms with Crippen LogP contribution < -0.4 is 16.0 Å². The van der Waals surface area contributed by atoms with Crippen LogP contribution in [-0.2, 0) is 4.79 Å². The molecule has 0 aromatic heterocycles. The molecular formula is C21H21N3O2S. The topological polar surface area (TPSA) is 75.4 Å². The summed E-state index contributed by atoms with van der Waals surface area (Å²) in [5.74, 6) is -0.337. The molecule has 0 spiro atoms. The van der Waals surface area contributed by atoms with Crippen LogP contribution in [0.4, 0.5) is 10.5 Å². The number of carbonyl (C=O) groups is 2. The number of amides is 2. The lowest BCUT2D eigenvalue weighted by Crippen LogP contribution is -2.43. The summed E-state index contributed by atoms with van der Waals surface area (Å²) in [6.45, 7) is 1.70. The van der Waals surface area contributed by atoms with Gasteiger partial charge in [0, 0.05) is 24.7 Å². The van der Waals surface area contributed by atoms with Gasteiger partial charge in [0.15, 0.2) is 0 Å². The molecule has 5 nitrogen and oxygen atoms in total. The molecule has 2 saturated heterocycles. The van der Waals surface area contributed by atoms with Crippen molar-refractivity contribution in [3.8, 4) is 11.1 Å². The molecule has 0 saturated carbocycles. The number of carbonyl (C=O) groups excluding carboxylic acids is 2. The maximum atomic E-state index is 12.0. The van der Waals surface area contributed by atoms with Gasteiger partial charge in [0.1, 0.15) is 0 Å². The lowest BCUT2D eigenvalue weighted by atomic mass is 9.96. The van der Waals surface area contributed by atoms with E-state index in [-0.39, 0.29) is 17.2 Å². The third-order valence-corrected chi connectivity index (χ3v) is 5.67. The van der Waals surface area contributed by atoms with Gasteiger partial charge in [-0.15, -0.1) is 0 Å². The molecule has 2 aromatic carbocycles. The Morgan fingerprint density at radius 2 is 1.93 bits per heavy atom. The van der Waals surface area contributed by atoms with Crippen LogP contribution in [-0.4, -0.2) is 30.3 Å². The normalized spacial score (nSPS) is 21.6. The second-order valence-electron chi connectivity index (χ2n) is 6.81. The maximum absolute atomic E-state index is 12.0. The average molecular weight is 379 g/mol. The lowest BCUT2D eigenvalue weighted by molar-refractivity contribution is -0.115. The molecule has 2 amide bonds. The summed E-state index contributed by atoms with van der Waals surface area (Å²) in [6.07, 6.45) is 3.87. The van der Waals surface area contributed by atoms with Crippen molar-refractivity contribution in [2.45, 2.75) is 18.9 Å². The molecule has 6 heteroatoms. The molecule has 2 aliphatic heterocycles. The first-order valence-corrected chi connectivity index (χ1v) is 9.87. The molecule has 0 aliphatic carbocycles. The minimum atomic E-state index is -0.337. The van der Waals surface area contributed by atoms with Gasteiger partial charge in [-0.1, -0.05) is 48.5 Å². The first-order valence-electron chi connectivity index (χ1n) is 9.05. The Bertz CT molecular complexity index is 911. The van der Waals surface area contributed by atoms with E-state index < -0.39 is 0 Å². The Labute approximate surface area is 162 Å². The van der Waals surface area contributed by atoms with Crippen LogP contribution in [0, 0.1) is 0 Å². The fourth-order valence-electron chi connectivity index (χ4n) is 3.66.